The molecule has 0 saturated heterocycles. The summed E-state index contributed by atoms with van der Waals surface area (Å²) in [6, 6.07) is 2.36. The van der Waals surface area contributed by atoms with Crippen LogP contribution in [0, 0.1) is 0 Å². The van der Waals surface area contributed by atoms with E-state index in [0.29, 0.717) is 18.5 Å². The third kappa shape index (κ3) is 6.43. The topological polar surface area (TPSA) is 59.1 Å². The first kappa shape index (κ1) is 17.0. The molecule has 1 atom stereocenters. The molecule has 1 rings (SSSR count). The maximum absolute atomic E-state index is 5.13. The molecule has 2 N–H and O–H groups in total. The van der Waals surface area contributed by atoms with E-state index in [-0.39, 0.29) is 0 Å². The lowest BCUT2D eigenvalue weighted by molar-refractivity contribution is 0.178. The molecule has 0 fully saturated rings. The Bertz CT molecular complexity index is 389. The number of nitrogens with one attached hydrogen (secondary N) is 2. The van der Waals surface area contributed by atoms with Crippen LogP contribution in [0.3, 0.4) is 0 Å². The molecule has 1 aromatic rings. The lowest BCUT2D eigenvalue weighted by Crippen LogP contribution is -2.18. The average Bonchev–Trinajstić information content (AvgIpc) is 2.43. The van der Waals surface area contributed by atoms with Crippen molar-refractivity contribution in [1.82, 2.24) is 9.97 Å². The fraction of sp³-hybridized carbons (Fsp3) is 0.714. The lowest BCUT2D eigenvalue weighted by atomic mass is 10.2. The molecule has 6 heteroatoms. The van der Waals surface area contributed by atoms with Gasteiger partial charge in [0.2, 0.25) is 0 Å². The van der Waals surface area contributed by atoms with Crippen molar-refractivity contribution in [2.75, 3.05) is 36.3 Å². The number of hydrogen-bond donors (Lipinski definition) is 2. The summed E-state index contributed by atoms with van der Waals surface area (Å²) in [7, 11) is 1.66. The zero-order valence-electron chi connectivity index (χ0n) is 12.9. The van der Waals surface area contributed by atoms with E-state index in [1.54, 1.807) is 7.11 Å². The third-order valence-corrected chi connectivity index (χ3v) is 3.40. The fourth-order valence-corrected chi connectivity index (χ4v) is 2.32. The van der Waals surface area contributed by atoms with Crippen molar-refractivity contribution in [3.63, 3.8) is 0 Å². The molecule has 0 aromatic carbocycles. The summed E-state index contributed by atoms with van der Waals surface area (Å²) >= 11 is 1.86. The van der Waals surface area contributed by atoms with E-state index in [1.165, 1.54) is 0 Å². The van der Waals surface area contributed by atoms with Crippen LogP contribution in [-0.2, 0) is 11.3 Å². The van der Waals surface area contributed by atoms with Gasteiger partial charge in [0.25, 0.3) is 0 Å². The Hall–Kier alpha value is -1.01. The van der Waals surface area contributed by atoms with Gasteiger partial charge in [-0.05, 0) is 31.8 Å². The van der Waals surface area contributed by atoms with Gasteiger partial charge >= 0.3 is 0 Å². The van der Waals surface area contributed by atoms with Gasteiger partial charge in [-0.15, -0.1) is 0 Å². The van der Waals surface area contributed by atoms with E-state index in [2.05, 4.69) is 40.7 Å². The highest BCUT2D eigenvalue weighted by Gasteiger charge is 2.07. The number of aromatic nitrogens is 2. The highest BCUT2D eigenvalue weighted by Crippen LogP contribution is 2.14. The number of nitrogens with zero attached hydrogens (tertiary/aromatic N) is 2. The van der Waals surface area contributed by atoms with Crippen LogP contribution in [-0.4, -0.2) is 41.7 Å². The Balaban J connectivity index is 2.73. The largest absolute Gasteiger partial charge is 0.377 e. The molecule has 1 aromatic heterocycles. The third-order valence-electron chi connectivity index (χ3n) is 2.75. The fourth-order valence-electron chi connectivity index (χ4n) is 1.73. The average molecular weight is 298 g/mol. The molecule has 0 spiro atoms. The molecule has 20 heavy (non-hydrogen) atoms. The second-order valence-electron chi connectivity index (χ2n) is 4.74. The Morgan fingerprint density at radius 1 is 1.35 bits per heavy atom. The standard InChI is InChI=1S/C14H26N4OS/c1-5-7-15-12-9-13(16-11(2)6-8-20-4)18-14(17-12)10-19-3/h9,11H,5-8,10H2,1-4H3,(H2,15,16,17,18). The van der Waals surface area contributed by atoms with Gasteiger partial charge in [-0.1, -0.05) is 6.92 Å². The van der Waals surface area contributed by atoms with Crippen molar-refractivity contribution in [2.24, 2.45) is 0 Å². The van der Waals surface area contributed by atoms with E-state index in [1.807, 2.05) is 17.8 Å². The number of anilines is 2. The van der Waals surface area contributed by atoms with Crippen molar-refractivity contribution in [2.45, 2.75) is 39.3 Å². The highest BCUT2D eigenvalue weighted by molar-refractivity contribution is 7.98. The summed E-state index contributed by atoms with van der Waals surface area (Å²) in [5, 5.41) is 6.73. The van der Waals surface area contributed by atoms with Crippen molar-refractivity contribution in [1.29, 1.82) is 0 Å². The Labute approximate surface area is 126 Å². The molecule has 0 aliphatic carbocycles. The second-order valence-corrected chi connectivity index (χ2v) is 5.73. The van der Waals surface area contributed by atoms with Gasteiger partial charge in [-0.2, -0.15) is 11.8 Å². The van der Waals surface area contributed by atoms with Crippen LogP contribution in [0.2, 0.25) is 0 Å². The van der Waals surface area contributed by atoms with Crippen molar-refractivity contribution in [3.05, 3.63) is 11.9 Å². The molecule has 114 valence electrons. The lowest BCUT2D eigenvalue weighted by Gasteiger charge is -2.15. The number of methoxy groups -OCH3 is 1. The van der Waals surface area contributed by atoms with Crippen LogP contribution < -0.4 is 10.6 Å². The minimum atomic E-state index is 0.395. The predicted molar refractivity (Wildman–Crippen MR) is 87.6 cm³/mol. The Morgan fingerprint density at radius 2 is 2.10 bits per heavy atom. The molecule has 5 nitrogen and oxygen atoms in total. The van der Waals surface area contributed by atoms with E-state index >= 15 is 0 Å². The first-order valence-electron chi connectivity index (χ1n) is 7.05. The first-order chi connectivity index (χ1) is 9.69. The molecule has 1 unspecified atom stereocenters. The Kier molecular flexibility index (Phi) is 8.37. The number of ether oxygens (including phenoxy) is 1. The maximum atomic E-state index is 5.13. The zero-order valence-corrected chi connectivity index (χ0v) is 13.7. The predicted octanol–water partition coefficient (Wildman–Crippen LogP) is 3.00. The molecule has 0 aliphatic heterocycles. The highest BCUT2D eigenvalue weighted by atomic mass is 32.2. The van der Waals surface area contributed by atoms with Crippen LogP contribution in [0.25, 0.3) is 0 Å². The molecule has 1 heterocycles. The summed E-state index contributed by atoms with van der Waals surface area (Å²) in [5.74, 6) is 3.56. The summed E-state index contributed by atoms with van der Waals surface area (Å²) in [4.78, 5) is 8.92. The molecule has 0 bridgehead atoms. The summed E-state index contributed by atoms with van der Waals surface area (Å²) in [6.45, 7) is 5.64. The maximum Gasteiger partial charge on any atom is 0.158 e. The molecule has 0 aliphatic rings. The molecular formula is C14H26N4OS. The number of hydrogen-bond acceptors (Lipinski definition) is 6. The van der Waals surface area contributed by atoms with E-state index in [9.17, 15) is 0 Å². The monoisotopic (exact) mass is 298 g/mol. The van der Waals surface area contributed by atoms with Gasteiger partial charge < -0.3 is 15.4 Å². The van der Waals surface area contributed by atoms with Crippen LogP contribution in [0.4, 0.5) is 11.6 Å². The smallest absolute Gasteiger partial charge is 0.158 e. The zero-order chi connectivity index (χ0) is 14.8. The second kappa shape index (κ2) is 9.83. The van der Waals surface area contributed by atoms with Gasteiger partial charge in [0.15, 0.2) is 5.82 Å². The minimum absolute atomic E-state index is 0.395. The van der Waals surface area contributed by atoms with Crippen molar-refractivity contribution < 1.29 is 4.74 Å². The minimum Gasteiger partial charge on any atom is -0.377 e. The quantitative estimate of drug-likeness (QED) is 0.692. The van der Waals surface area contributed by atoms with Crippen molar-refractivity contribution in [3.8, 4) is 0 Å². The Morgan fingerprint density at radius 3 is 2.75 bits per heavy atom. The van der Waals surface area contributed by atoms with Crippen LogP contribution in [0.1, 0.15) is 32.5 Å². The van der Waals surface area contributed by atoms with Gasteiger partial charge in [-0.3, -0.25) is 0 Å². The van der Waals surface area contributed by atoms with E-state index in [4.69, 9.17) is 4.74 Å². The first-order valence-corrected chi connectivity index (χ1v) is 8.45. The van der Waals surface area contributed by atoms with Gasteiger partial charge in [0.1, 0.15) is 18.2 Å². The van der Waals surface area contributed by atoms with Crippen LogP contribution in [0.5, 0.6) is 0 Å². The summed E-state index contributed by atoms with van der Waals surface area (Å²) in [6.07, 6.45) is 4.31. The number of rotatable bonds is 10. The molecule has 0 radical (unpaired) electrons. The molecular weight excluding hydrogens is 272 g/mol. The van der Waals surface area contributed by atoms with Crippen LogP contribution in [0.15, 0.2) is 6.07 Å². The molecule has 0 amide bonds. The van der Waals surface area contributed by atoms with Gasteiger partial charge in [0, 0.05) is 25.8 Å². The SMILES string of the molecule is CCCNc1cc(NC(C)CCSC)nc(COC)n1. The normalized spacial score (nSPS) is 12.2. The summed E-state index contributed by atoms with van der Waals surface area (Å²) < 4.78 is 5.13. The summed E-state index contributed by atoms with van der Waals surface area (Å²) in [5.41, 5.74) is 0. The van der Waals surface area contributed by atoms with Gasteiger partial charge in [-0.25, -0.2) is 9.97 Å². The van der Waals surface area contributed by atoms with Gasteiger partial charge in [0.05, 0.1) is 0 Å². The number of thioether (sulfide) groups is 1. The van der Waals surface area contributed by atoms with Crippen molar-refractivity contribution >= 4 is 23.4 Å². The van der Waals surface area contributed by atoms with E-state index in [0.717, 1.165) is 36.8 Å². The van der Waals surface area contributed by atoms with Crippen LogP contribution >= 0.6 is 11.8 Å². The molecule has 0 saturated carbocycles. The van der Waals surface area contributed by atoms with E-state index < -0.39 is 0 Å².